The molecule has 7 heteroatoms. The molecule has 0 saturated carbocycles. The first kappa shape index (κ1) is 21.5. The summed E-state index contributed by atoms with van der Waals surface area (Å²) in [5.74, 6) is 0.938. The van der Waals surface area contributed by atoms with E-state index in [0.29, 0.717) is 26.3 Å². The van der Waals surface area contributed by atoms with Crippen molar-refractivity contribution in [3.05, 3.63) is 75.0 Å². The first-order valence-electron chi connectivity index (χ1n) is 10.6. The van der Waals surface area contributed by atoms with Crippen molar-refractivity contribution in [1.82, 2.24) is 14.9 Å². The van der Waals surface area contributed by atoms with Crippen LogP contribution < -0.4 is 4.74 Å². The molecule has 0 N–H and O–H groups in total. The Morgan fingerprint density at radius 1 is 1.26 bits per heavy atom. The Balaban J connectivity index is 1.44. The van der Waals surface area contributed by atoms with Crippen LogP contribution in [0.1, 0.15) is 50.2 Å². The highest BCUT2D eigenvalue weighted by molar-refractivity contribution is 7.13. The number of para-hydroxylation sites is 1. The van der Waals surface area contributed by atoms with Crippen LogP contribution in [0.5, 0.6) is 5.75 Å². The summed E-state index contributed by atoms with van der Waals surface area (Å²) in [4.78, 5) is 24.6. The zero-order valence-electron chi connectivity index (χ0n) is 18.1. The molecule has 0 radical (unpaired) electrons. The normalized spacial score (nSPS) is 16.4. The standard InChI is InChI=1S/C24H27N3O3S/c1-4-29-21-8-6-5-7-19(21)13-18-9-10-20(25-14-18)22-15-27(11-12-30-22)24(28)23-16(2)26-17(3)31-23/h5-10,14,22H,4,11-13,15H2,1-3H3/t22-/m0/s1. The van der Waals surface area contributed by atoms with Crippen molar-refractivity contribution in [1.29, 1.82) is 0 Å². The van der Waals surface area contributed by atoms with Gasteiger partial charge in [-0.3, -0.25) is 9.78 Å². The number of benzene rings is 1. The van der Waals surface area contributed by atoms with E-state index in [1.807, 2.05) is 56.1 Å². The molecule has 31 heavy (non-hydrogen) atoms. The number of hydrogen-bond acceptors (Lipinski definition) is 6. The molecule has 1 aromatic carbocycles. The molecule has 0 bridgehead atoms. The van der Waals surface area contributed by atoms with Crippen molar-refractivity contribution in [2.75, 3.05) is 26.3 Å². The van der Waals surface area contributed by atoms with Crippen LogP contribution in [0.4, 0.5) is 0 Å². The third-order valence-electron chi connectivity index (χ3n) is 5.30. The number of morpholine rings is 1. The highest BCUT2D eigenvalue weighted by Crippen LogP contribution is 2.26. The summed E-state index contributed by atoms with van der Waals surface area (Å²) in [6.07, 6.45) is 2.42. The minimum atomic E-state index is -0.225. The number of carbonyl (C=O) groups excluding carboxylic acids is 1. The van der Waals surface area contributed by atoms with Crippen molar-refractivity contribution < 1.29 is 14.3 Å². The molecule has 4 rings (SSSR count). The lowest BCUT2D eigenvalue weighted by atomic mass is 10.0. The van der Waals surface area contributed by atoms with Crippen LogP contribution in [0, 0.1) is 13.8 Å². The largest absolute Gasteiger partial charge is 0.494 e. The Labute approximate surface area is 186 Å². The first-order valence-corrected chi connectivity index (χ1v) is 11.4. The molecule has 0 unspecified atom stereocenters. The second-order valence-electron chi connectivity index (χ2n) is 7.57. The van der Waals surface area contributed by atoms with E-state index < -0.39 is 0 Å². The van der Waals surface area contributed by atoms with Gasteiger partial charge < -0.3 is 14.4 Å². The number of carbonyl (C=O) groups is 1. The van der Waals surface area contributed by atoms with Crippen molar-refractivity contribution >= 4 is 17.2 Å². The summed E-state index contributed by atoms with van der Waals surface area (Å²) < 4.78 is 11.7. The lowest BCUT2D eigenvalue weighted by molar-refractivity contribution is -0.0246. The number of rotatable bonds is 6. The van der Waals surface area contributed by atoms with Gasteiger partial charge in [-0.05, 0) is 44.0 Å². The van der Waals surface area contributed by atoms with Gasteiger partial charge in [0.15, 0.2) is 0 Å². The van der Waals surface area contributed by atoms with Crippen molar-refractivity contribution in [2.24, 2.45) is 0 Å². The Morgan fingerprint density at radius 3 is 2.81 bits per heavy atom. The fraction of sp³-hybridized carbons (Fsp3) is 0.375. The van der Waals surface area contributed by atoms with Crippen LogP contribution in [0.2, 0.25) is 0 Å². The molecule has 1 saturated heterocycles. The summed E-state index contributed by atoms with van der Waals surface area (Å²) in [6, 6.07) is 12.2. The fourth-order valence-electron chi connectivity index (χ4n) is 3.78. The molecular formula is C24H27N3O3S. The molecule has 162 valence electrons. The van der Waals surface area contributed by atoms with Gasteiger partial charge in [0.05, 0.1) is 36.2 Å². The molecule has 1 fully saturated rings. The summed E-state index contributed by atoms with van der Waals surface area (Å²) in [6.45, 7) is 8.02. The number of hydrogen-bond donors (Lipinski definition) is 0. The molecule has 3 heterocycles. The van der Waals surface area contributed by atoms with Gasteiger partial charge in [0, 0.05) is 19.2 Å². The average Bonchev–Trinajstić information content (AvgIpc) is 3.13. The van der Waals surface area contributed by atoms with E-state index in [4.69, 9.17) is 9.47 Å². The van der Waals surface area contributed by atoms with Gasteiger partial charge in [-0.25, -0.2) is 4.98 Å². The lowest BCUT2D eigenvalue weighted by Crippen LogP contribution is -2.42. The zero-order valence-corrected chi connectivity index (χ0v) is 18.9. The summed E-state index contributed by atoms with van der Waals surface area (Å²) in [5, 5.41) is 0.911. The lowest BCUT2D eigenvalue weighted by Gasteiger charge is -2.32. The molecule has 0 spiro atoms. The molecule has 3 aromatic rings. The predicted molar refractivity (Wildman–Crippen MR) is 121 cm³/mol. The van der Waals surface area contributed by atoms with Gasteiger partial charge in [0.25, 0.3) is 5.91 Å². The van der Waals surface area contributed by atoms with Crippen LogP contribution >= 0.6 is 11.3 Å². The highest BCUT2D eigenvalue weighted by Gasteiger charge is 2.28. The smallest absolute Gasteiger partial charge is 0.266 e. The maximum absolute atomic E-state index is 13.0. The van der Waals surface area contributed by atoms with Crippen molar-refractivity contribution in [3.63, 3.8) is 0 Å². The van der Waals surface area contributed by atoms with Gasteiger partial charge >= 0.3 is 0 Å². The monoisotopic (exact) mass is 437 g/mol. The topological polar surface area (TPSA) is 64.5 Å². The minimum Gasteiger partial charge on any atom is -0.494 e. The van der Waals surface area contributed by atoms with E-state index in [-0.39, 0.29) is 12.0 Å². The second kappa shape index (κ2) is 9.58. The predicted octanol–water partition coefficient (Wildman–Crippen LogP) is 4.36. The molecule has 0 aliphatic carbocycles. The van der Waals surface area contributed by atoms with Crippen LogP contribution in [0.3, 0.4) is 0 Å². The Morgan fingerprint density at radius 2 is 2.10 bits per heavy atom. The minimum absolute atomic E-state index is 0.0283. The van der Waals surface area contributed by atoms with Gasteiger partial charge in [0.2, 0.25) is 0 Å². The fourth-order valence-corrected chi connectivity index (χ4v) is 4.67. The molecule has 1 aliphatic rings. The van der Waals surface area contributed by atoms with Crippen LogP contribution in [-0.2, 0) is 11.2 Å². The molecule has 1 amide bonds. The first-order chi connectivity index (χ1) is 15.0. The van der Waals surface area contributed by atoms with Gasteiger partial charge in [0.1, 0.15) is 16.7 Å². The summed E-state index contributed by atoms with van der Waals surface area (Å²) in [5.41, 5.74) is 3.89. The number of ether oxygens (including phenoxy) is 2. The third kappa shape index (κ3) is 4.94. The number of thiazole rings is 1. The van der Waals surface area contributed by atoms with Crippen molar-refractivity contribution in [3.8, 4) is 5.75 Å². The Bertz CT molecular complexity index is 1050. The van der Waals surface area contributed by atoms with Gasteiger partial charge in [-0.1, -0.05) is 24.3 Å². The number of aryl methyl sites for hydroxylation is 2. The van der Waals surface area contributed by atoms with Crippen LogP contribution in [0.25, 0.3) is 0 Å². The quantitative estimate of drug-likeness (QED) is 0.573. The Kier molecular flexibility index (Phi) is 6.63. The summed E-state index contributed by atoms with van der Waals surface area (Å²) >= 11 is 1.45. The summed E-state index contributed by atoms with van der Waals surface area (Å²) in [7, 11) is 0. The molecule has 1 aliphatic heterocycles. The van der Waals surface area contributed by atoms with E-state index in [1.54, 1.807) is 0 Å². The third-order valence-corrected chi connectivity index (χ3v) is 6.36. The number of amides is 1. The van der Waals surface area contributed by atoms with E-state index in [9.17, 15) is 4.79 Å². The van der Waals surface area contributed by atoms with Crippen LogP contribution in [-0.4, -0.2) is 47.1 Å². The van der Waals surface area contributed by atoms with E-state index in [2.05, 4.69) is 22.1 Å². The number of aromatic nitrogens is 2. The van der Waals surface area contributed by atoms with E-state index >= 15 is 0 Å². The molecule has 1 atom stereocenters. The molecule has 2 aromatic heterocycles. The van der Waals surface area contributed by atoms with Crippen molar-refractivity contribution in [2.45, 2.75) is 33.3 Å². The molecular weight excluding hydrogens is 410 g/mol. The molecule has 6 nitrogen and oxygen atoms in total. The average molecular weight is 438 g/mol. The SMILES string of the molecule is CCOc1ccccc1Cc1ccc([C@@H]2CN(C(=O)c3sc(C)nc3C)CCO2)nc1. The van der Waals surface area contributed by atoms with E-state index in [1.165, 1.54) is 11.3 Å². The Hall–Kier alpha value is -2.77. The highest BCUT2D eigenvalue weighted by atomic mass is 32.1. The number of nitrogens with zero attached hydrogens (tertiary/aromatic N) is 3. The zero-order chi connectivity index (χ0) is 21.8. The second-order valence-corrected chi connectivity index (χ2v) is 8.77. The maximum atomic E-state index is 13.0. The van der Waals surface area contributed by atoms with Gasteiger partial charge in [-0.15, -0.1) is 11.3 Å². The van der Waals surface area contributed by atoms with Crippen LogP contribution in [0.15, 0.2) is 42.6 Å². The van der Waals surface area contributed by atoms with Gasteiger partial charge in [-0.2, -0.15) is 0 Å². The maximum Gasteiger partial charge on any atom is 0.266 e. The van der Waals surface area contributed by atoms with E-state index in [0.717, 1.165) is 44.6 Å². The number of pyridine rings is 1.